The van der Waals surface area contributed by atoms with Crippen LogP contribution >= 0.6 is 22.6 Å². The Kier molecular flexibility index (Phi) is 2.95. The summed E-state index contributed by atoms with van der Waals surface area (Å²) in [5.41, 5.74) is 2.56. The molecule has 18 heavy (non-hydrogen) atoms. The van der Waals surface area contributed by atoms with Gasteiger partial charge in [-0.3, -0.25) is 4.57 Å². The Morgan fingerprint density at radius 3 is 2.67 bits per heavy atom. The Hall–Kier alpha value is -1.56. The van der Waals surface area contributed by atoms with Crippen molar-refractivity contribution in [3.63, 3.8) is 0 Å². The van der Waals surface area contributed by atoms with Crippen molar-refractivity contribution in [3.05, 3.63) is 68.2 Å². The summed E-state index contributed by atoms with van der Waals surface area (Å²) in [5, 5.41) is 0. The molecule has 3 aromatic rings. The highest BCUT2D eigenvalue weighted by atomic mass is 127. The number of hydrogen-bond acceptors (Lipinski definition) is 2. The summed E-state index contributed by atoms with van der Waals surface area (Å²) in [6.45, 7) is 0.535. The molecule has 3 rings (SSSR count). The van der Waals surface area contributed by atoms with Gasteiger partial charge >= 0.3 is 5.76 Å². The van der Waals surface area contributed by atoms with E-state index in [9.17, 15) is 4.79 Å². The van der Waals surface area contributed by atoms with Crippen molar-refractivity contribution in [2.45, 2.75) is 6.54 Å². The van der Waals surface area contributed by atoms with E-state index in [1.807, 2.05) is 48.5 Å². The highest BCUT2D eigenvalue weighted by Crippen LogP contribution is 2.17. The largest absolute Gasteiger partial charge is 0.420 e. The lowest BCUT2D eigenvalue weighted by Gasteiger charge is -2.02. The zero-order valence-corrected chi connectivity index (χ0v) is 11.6. The van der Waals surface area contributed by atoms with Crippen LogP contribution in [0.5, 0.6) is 0 Å². The van der Waals surface area contributed by atoms with E-state index in [4.69, 9.17) is 4.42 Å². The number of oxazole rings is 1. The summed E-state index contributed by atoms with van der Waals surface area (Å²) in [6, 6.07) is 15.7. The fraction of sp³-hybridized carbons (Fsp3) is 0.0714. The molecule has 2 aromatic carbocycles. The van der Waals surface area contributed by atoms with Crippen LogP contribution in [0.1, 0.15) is 5.56 Å². The summed E-state index contributed by atoms with van der Waals surface area (Å²) in [4.78, 5) is 11.8. The van der Waals surface area contributed by atoms with Crippen molar-refractivity contribution in [1.82, 2.24) is 4.57 Å². The van der Waals surface area contributed by atoms with Crippen molar-refractivity contribution in [1.29, 1.82) is 0 Å². The number of fused-ring (bicyclic) bond motifs is 1. The lowest BCUT2D eigenvalue weighted by atomic mass is 10.2. The first-order chi connectivity index (χ1) is 8.74. The van der Waals surface area contributed by atoms with Crippen LogP contribution in [0, 0.1) is 3.57 Å². The molecule has 90 valence electrons. The van der Waals surface area contributed by atoms with E-state index >= 15 is 0 Å². The van der Waals surface area contributed by atoms with Crippen LogP contribution in [-0.4, -0.2) is 4.57 Å². The van der Waals surface area contributed by atoms with Gasteiger partial charge in [0, 0.05) is 3.57 Å². The Labute approximate surface area is 117 Å². The van der Waals surface area contributed by atoms with E-state index in [0.29, 0.717) is 12.1 Å². The molecule has 1 heterocycles. The molecule has 0 aliphatic heterocycles. The maximum absolute atomic E-state index is 11.8. The highest BCUT2D eigenvalue weighted by Gasteiger charge is 2.09. The third-order valence-corrected chi connectivity index (χ3v) is 3.48. The standard InChI is InChI=1S/C14H10INO2/c15-11-6-7-12-13(8-11)18-14(17)16(12)9-10-4-2-1-3-5-10/h1-8H,9H2. The van der Waals surface area contributed by atoms with E-state index in [2.05, 4.69) is 22.6 Å². The fourth-order valence-electron chi connectivity index (χ4n) is 1.96. The zero-order valence-electron chi connectivity index (χ0n) is 9.47. The van der Waals surface area contributed by atoms with Gasteiger partial charge < -0.3 is 4.42 Å². The first-order valence-electron chi connectivity index (χ1n) is 5.57. The predicted molar refractivity (Wildman–Crippen MR) is 78.7 cm³/mol. The molecular weight excluding hydrogens is 341 g/mol. The summed E-state index contributed by atoms with van der Waals surface area (Å²) < 4.78 is 7.96. The molecule has 1 aromatic heterocycles. The van der Waals surface area contributed by atoms with Gasteiger partial charge in [-0.1, -0.05) is 30.3 Å². The van der Waals surface area contributed by atoms with E-state index in [1.165, 1.54) is 0 Å². The minimum atomic E-state index is -0.309. The van der Waals surface area contributed by atoms with Gasteiger partial charge in [-0.15, -0.1) is 0 Å². The van der Waals surface area contributed by atoms with Gasteiger partial charge in [-0.2, -0.15) is 0 Å². The van der Waals surface area contributed by atoms with Crippen LogP contribution < -0.4 is 5.76 Å². The first kappa shape index (κ1) is 11.5. The molecule has 0 aliphatic carbocycles. The summed E-state index contributed by atoms with van der Waals surface area (Å²) in [6.07, 6.45) is 0. The van der Waals surface area contributed by atoms with Gasteiger partial charge in [0.2, 0.25) is 0 Å². The minimum absolute atomic E-state index is 0.309. The third kappa shape index (κ3) is 2.08. The van der Waals surface area contributed by atoms with Crippen molar-refractivity contribution in [2.24, 2.45) is 0 Å². The lowest BCUT2D eigenvalue weighted by Crippen LogP contribution is -2.14. The average Bonchev–Trinajstić information content (AvgIpc) is 2.66. The van der Waals surface area contributed by atoms with Gasteiger partial charge in [0.1, 0.15) is 0 Å². The maximum Gasteiger partial charge on any atom is 0.420 e. The zero-order chi connectivity index (χ0) is 12.5. The summed E-state index contributed by atoms with van der Waals surface area (Å²) >= 11 is 2.20. The molecule has 0 fully saturated rings. The predicted octanol–water partition coefficient (Wildman–Crippen LogP) is 3.25. The van der Waals surface area contributed by atoms with Crippen LogP contribution in [0.3, 0.4) is 0 Å². The molecule has 0 radical (unpaired) electrons. The van der Waals surface area contributed by atoms with E-state index < -0.39 is 0 Å². The Morgan fingerprint density at radius 2 is 1.89 bits per heavy atom. The number of halogens is 1. The fourth-order valence-corrected chi connectivity index (χ4v) is 2.42. The van der Waals surface area contributed by atoms with Gasteiger partial charge in [-0.05, 0) is 46.4 Å². The lowest BCUT2D eigenvalue weighted by molar-refractivity contribution is 0.517. The normalized spacial score (nSPS) is 10.9. The second-order valence-electron chi connectivity index (χ2n) is 4.05. The molecule has 4 heteroatoms. The molecule has 3 nitrogen and oxygen atoms in total. The van der Waals surface area contributed by atoms with Crippen molar-refractivity contribution < 1.29 is 4.42 Å². The SMILES string of the molecule is O=c1oc2cc(I)ccc2n1Cc1ccccc1. The summed E-state index contributed by atoms with van der Waals surface area (Å²) in [7, 11) is 0. The number of nitrogens with zero attached hydrogens (tertiary/aromatic N) is 1. The molecule has 0 bridgehead atoms. The number of aromatic nitrogens is 1. The smallest absolute Gasteiger partial charge is 0.408 e. The van der Waals surface area contributed by atoms with Crippen molar-refractivity contribution >= 4 is 33.7 Å². The van der Waals surface area contributed by atoms with E-state index in [0.717, 1.165) is 14.7 Å². The van der Waals surface area contributed by atoms with Gasteiger partial charge in [0.25, 0.3) is 0 Å². The first-order valence-corrected chi connectivity index (χ1v) is 6.65. The molecular formula is C14H10INO2. The molecule has 0 saturated heterocycles. The van der Waals surface area contributed by atoms with Crippen LogP contribution in [0.2, 0.25) is 0 Å². The molecule has 0 aliphatic rings. The highest BCUT2D eigenvalue weighted by molar-refractivity contribution is 14.1. The van der Waals surface area contributed by atoms with Crippen molar-refractivity contribution in [3.8, 4) is 0 Å². The molecule has 0 saturated carbocycles. The quantitative estimate of drug-likeness (QED) is 0.665. The van der Waals surface area contributed by atoms with E-state index in [1.54, 1.807) is 4.57 Å². The Balaban J connectivity index is 2.12. The van der Waals surface area contributed by atoms with Gasteiger partial charge in [-0.25, -0.2) is 4.79 Å². The molecule has 0 atom stereocenters. The molecule has 0 N–H and O–H groups in total. The second kappa shape index (κ2) is 4.61. The Bertz CT molecular complexity index is 743. The van der Waals surface area contributed by atoms with Gasteiger partial charge in [0.15, 0.2) is 5.58 Å². The van der Waals surface area contributed by atoms with Gasteiger partial charge in [0.05, 0.1) is 12.1 Å². The monoisotopic (exact) mass is 351 g/mol. The molecule has 0 spiro atoms. The van der Waals surface area contributed by atoms with Crippen LogP contribution in [0.4, 0.5) is 0 Å². The second-order valence-corrected chi connectivity index (χ2v) is 5.30. The summed E-state index contributed by atoms with van der Waals surface area (Å²) in [5.74, 6) is -0.309. The van der Waals surface area contributed by atoms with Crippen LogP contribution in [-0.2, 0) is 6.54 Å². The average molecular weight is 351 g/mol. The Morgan fingerprint density at radius 1 is 1.11 bits per heavy atom. The number of benzene rings is 2. The molecule has 0 unspecified atom stereocenters. The maximum atomic E-state index is 11.8. The molecule has 0 amide bonds. The minimum Gasteiger partial charge on any atom is -0.408 e. The third-order valence-electron chi connectivity index (χ3n) is 2.81. The van der Waals surface area contributed by atoms with Crippen LogP contribution in [0.15, 0.2) is 57.7 Å². The number of hydrogen-bond donors (Lipinski definition) is 0. The van der Waals surface area contributed by atoms with Crippen molar-refractivity contribution in [2.75, 3.05) is 0 Å². The number of rotatable bonds is 2. The van der Waals surface area contributed by atoms with Crippen LogP contribution in [0.25, 0.3) is 11.1 Å². The topological polar surface area (TPSA) is 35.1 Å². The van der Waals surface area contributed by atoms with E-state index in [-0.39, 0.29) is 5.76 Å².